The van der Waals surface area contributed by atoms with Gasteiger partial charge in [0.2, 0.25) is 0 Å². The number of hydrogen-bond acceptors (Lipinski definition) is 4. The van der Waals surface area contributed by atoms with Gasteiger partial charge in [0.1, 0.15) is 17.3 Å². The number of amides is 1. The van der Waals surface area contributed by atoms with E-state index < -0.39 is 17.2 Å². The normalized spacial score (nSPS) is 20.6. The van der Waals surface area contributed by atoms with Crippen molar-refractivity contribution in [3.8, 4) is 0 Å². The maximum absolute atomic E-state index is 13.4. The van der Waals surface area contributed by atoms with E-state index in [0.29, 0.717) is 30.6 Å². The second-order valence-corrected chi connectivity index (χ2v) is 7.48. The number of benzene rings is 1. The van der Waals surface area contributed by atoms with Gasteiger partial charge in [-0.2, -0.15) is 0 Å². The minimum absolute atomic E-state index is 0.297. The molecule has 2 fully saturated rings. The second-order valence-electron chi connectivity index (χ2n) is 7.48. The molecule has 2 heterocycles. The summed E-state index contributed by atoms with van der Waals surface area (Å²) in [7, 11) is 0. The van der Waals surface area contributed by atoms with Crippen LogP contribution in [-0.2, 0) is 6.42 Å². The van der Waals surface area contributed by atoms with Crippen molar-refractivity contribution in [2.45, 2.75) is 37.3 Å². The number of rotatable bonds is 5. The van der Waals surface area contributed by atoms with E-state index in [-0.39, 0.29) is 12.0 Å². The Bertz CT molecular complexity index is 850. The number of carbonyl (C=O) groups is 1. The average molecular weight is 373 g/mol. The first kappa shape index (κ1) is 17.9. The number of aliphatic hydroxyl groups excluding tert-OH is 1. The zero-order valence-electron chi connectivity index (χ0n) is 14.8. The Hall–Kier alpha value is -2.54. The largest absolute Gasteiger partial charge is 0.391 e. The Kier molecular flexibility index (Phi) is 4.55. The second kappa shape index (κ2) is 6.88. The highest BCUT2D eigenvalue weighted by atomic mass is 19.1. The summed E-state index contributed by atoms with van der Waals surface area (Å²) in [6.45, 7) is 1.28. The fraction of sp³-hybridized carbons (Fsp3) is 0.400. The predicted molar refractivity (Wildman–Crippen MR) is 96.6 cm³/mol. The van der Waals surface area contributed by atoms with E-state index in [1.54, 1.807) is 12.3 Å². The average Bonchev–Trinajstić information content (AvgIpc) is 3.21. The molecule has 1 aliphatic heterocycles. The summed E-state index contributed by atoms with van der Waals surface area (Å²) in [4.78, 5) is 18.8. The highest BCUT2D eigenvalue weighted by molar-refractivity contribution is 5.94. The molecule has 0 bridgehead atoms. The number of anilines is 1. The summed E-state index contributed by atoms with van der Waals surface area (Å²) in [5.74, 6) is -1.53. The van der Waals surface area contributed by atoms with Crippen molar-refractivity contribution < 1.29 is 18.7 Å². The standard InChI is InChI=1S/C20H21F2N3O2/c21-14-7-13(8-15(22)9-14)11-20(3-4-20)24-19(27)18-10-16(1-5-23-18)25-6-2-17(26)12-25/h1,5,7-10,17,26H,2-4,6,11-12H2,(H,24,27)/t17-/m0/s1. The zero-order valence-corrected chi connectivity index (χ0v) is 14.8. The lowest BCUT2D eigenvalue weighted by molar-refractivity contribution is 0.0926. The van der Waals surface area contributed by atoms with Gasteiger partial charge in [0.05, 0.1) is 6.10 Å². The third-order valence-corrected chi connectivity index (χ3v) is 5.20. The van der Waals surface area contributed by atoms with Crippen LogP contribution in [0.2, 0.25) is 0 Å². The van der Waals surface area contributed by atoms with Crippen molar-refractivity contribution in [3.05, 3.63) is 59.4 Å². The molecule has 27 heavy (non-hydrogen) atoms. The maximum Gasteiger partial charge on any atom is 0.270 e. The van der Waals surface area contributed by atoms with E-state index in [1.807, 2.05) is 11.0 Å². The van der Waals surface area contributed by atoms with Crippen molar-refractivity contribution >= 4 is 11.6 Å². The molecule has 2 aromatic rings. The van der Waals surface area contributed by atoms with Gasteiger partial charge in [0.25, 0.3) is 5.91 Å². The minimum atomic E-state index is -0.616. The predicted octanol–water partition coefficient (Wildman–Crippen LogP) is 2.44. The van der Waals surface area contributed by atoms with Gasteiger partial charge in [-0.05, 0) is 55.5 Å². The van der Waals surface area contributed by atoms with Crippen LogP contribution in [0.25, 0.3) is 0 Å². The molecule has 1 aliphatic carbocycles. The van der Waals surface area contributed by atoms with Gasteiger partial charge in [-0.3, -0.25) is 9.78 Å². The van der Waals surface area contributed by atoms with E-state index in [0.717, 1.165) is 31.1 Å². The Labute approximate surface area is 156 Å². The molecule has 0 unspecified atom stereocenters. The molecular weight excluding hydrogens is 352 g/mol. The lowest BCUT2D eigenvalue weighted by Gasteiger charge is -2.20. The number of aromatic nitrogens is 1. The van der Waals surface area contributed by atoms with Crippen LogP contribution in [0, 0.1) is 11.6 Å². The van der Waals surface area contributed by atoms with E-state index in [9.17, 15) is 18.7 Å². The number of hydrogen-bond donors (Lipinski definition) is 2. The summed E-state index contributed by atoms with van der Waals surface area (Å²) >= 11 is 0. The smallest absolute Gasteiger partial charge is 0.270 e. The lowest BCUT2D eigenvalue weighted by atomic mass is 10.0. The number of halogens is 2. The number of aliphatic hydroxyl groups is 1. The van der Waals surface area contributed by atoms with Crippen LogP contribution in [0.5, 0.6) is 0 Å². The van der Waals surface area contributed by atoms with Crippen LogP contribution in [0.3, 0.4) is 0 Å². The van der Waals surface area contributed by atoms with Crippen LogP contribution in [0.1, 0.15) is 35.3 Å². The van der Waals surface area contributed by atoms with Gasteiger partial charge in [0.15, 0.2) is 0 Å². The minimum Gasteiger partial charge on any atom is -0.391 e. The van der Waals surface area contributed by atoms with E-state index in [4.69, 9.17) is 0 Å². The molecule has 0 radical (unpaired) electrons. The van der Waals surface area contributed by atoms with Crippen molar-refractivity contribution in [3.63, 3.8) is 0 Å². The Balaban J connectivity index is 1.45. The van der Waals surface area contributed by atoms with Crippen LogP contribution in [-0.4, -0.2) is 40.7 Å². The lowest BCUT2D eigenvalue weighted by Crippen LogP contribution is -2.39. The van der Waals surface area contributed by atoms with E-state index >= 15 is 0 Å². The van der Waals surface area contributed by atoms with Gasteiger partial charge < -0.3 is 15.3 Å². The Morgan fingerprint density at radius 2 is 2.00 bits per heavy atom. The number of nitrogens with zero attached hydrogens (tertiary/aromatic N) is 2. The van der Waals surface area contributed by atoms with Crippen LogP contribution in [0.4, 0.5) is 14.5 Å². The van der Waals surface area contributed by atoms with Crippen LogP contribution in [0.15, 0.2) is 36.5 Å². The number of carbonyl (C=O) groups excluding carboxylic acids is 1. The molecular formula is C20H21F2N3O2. The maximum atomic E-state index is 13.4. The summed E-state index contributed by atoms with van der Waals surface area (Å²) in [5, 5.41) is 12.7. The van der Waals surface area contributed by atoms with E-state index in [1.165, 1.54) is 12.1 Å². The molecule has 1 aromatic carbocycles. The Morgan fingerprint density at radius 1 is 1.26 bits per heavy atom. The molecule has 142 valence electrons. The fourth-order valence-electron chi connectivity index (χ4n) is 3.62. The third kappa shape index (κ3) is 4.08. The van der Waals surface area contributed by atoms with Crippen molar-refractivity contribution in [1.82, 2.24) is 10.3 Å². The van der Waals surface area contributed by atoms with Gasteiger partial charge in [0, 0.05) is 36.6 Å². The molecule has 2 aliphatic rings. The molecule has 5 nitrogen and oxygen atoms in total. The third-order valence-electron chi connectivity index (χ3n) is 5.20. The van der Waals surface area contributed by atoms with Gasteiger partial charge >= 0.3 is 0 Å². The molecule has 1 aromatic heterocycles. The highest BCUT2D eigenvalue weighted by Crippen LogP contribution is 2.39. The zero-order chi connectivity index (χ0) is 19.0. The molecule has 7 heteroatoms. The summed E-state index contributed by atoms with van der Waals surface area (Å²) in [5.41, 5.74) is 1.20. The number of β-amino-alcohol motifs (C(OH)–C–C–N with tert-alkyl or cyclic N) is 1. The summed E-state index contributed by atoms with van der Waals surface area (Å²) < 4.78 is 26.8. The molecule has 1 saturated carbocycles. The number of pyridine rings is 1. The first-order chi connectivity index (χ1) is 12.9. The van der Waals surface area contributed by atoms with Crippen LogP contribution >= 0.6 is 0 Å². The molecule has 4 rings (SSSR count). The fourth-order valence-corrected chi connectivity index (χ4v) is 3.62. The summed E-state index contributed by atoms with van der Waals surface area (Å²) in [6, 6.07) is 6.97. The Morgan fingerprint density at radius 3 is 2.63 bits per heavy atom. The monoisotopic (exact) mass is 373 g/mol. The van der Waals surface area contributed by atoms with Gasteiger partial charge in [-0.15, -0.1) is 0 Å². The van der Waals surface area contributed by atoms with Crippen molar-refractivity contribution in [2.24, 2.45) is 0 Å². The molecule has 1 atom stereocenters. The van der Waals surface area contributed by atoms with Gasteiger partial charge in [-0.1, -0.05) is 0 Å². The molecule has 2 N–H and O–H groups in total. The quantitative estimate of drug-likeness (QED) is 0.845. The molecule has 0 spiro atoms. The molecule has 1 amide bonds. The molecule has 1 saturated heterocycles. The van der Waals surface area contributed by atoms with Gasteiger partial charge in [-0.25, -0.2) is 8.78 Å². The first-order valence-electron chi connectivity index (χ1n) is 9.09. The van der Waals surface area contributed by atoms with Crippen LogP contribution < -0.4 is 10.2 Å². The highest BCUT2D eigenvalue weighted by Gasteiger charge is 2.44. The topological polar surface area (TPSA) is 65.5 Å². The first-order valence-corrected chi connectivity index (χ1v) is 9.09. The number of nitrogens with one attached hydrogen (secondary N) is 1. The van der Waals surface area contributed by atoms with E-state index in [2.05, 4.69) is 10.3 Å². The SMILES string of the molecule is O=C(NC1(Cc2cc(F)cc(F)c2)CC1)c1cc(N2CC[C@H](O)C2)ccn1. The van der Waals surface area contributed by atoms with Crippen molar-refractivity contribution in [1.29, 1.82) is 0 Å². The van der Waals surface area contributed by atoms with Crippen molar-refractivity contribution in [2.75, 3.05) is 18.0 Å². The summed E-state index contributed by atoms with van der Waals surface area (Å²) in [6.07, 6.45) is 3.83.